The van der Waals surface area contributed by atoms with Crippen molar-refractivity contribution in [3.63, 3.8) is 0 Å². The van der Waals surface area contributed by atoms with Crippen molar-refractivity contribution >= 4 is 27.3 Å². The monoisotopic (exact) mass is 624 g/mol. The summed E-state index contributed by atoms with van der Waals surface area (Å²) in [7, 11) is -3.97. The molecule has 0 amide bonds. The van der Waals surface area contributed by atoms with Crippen LogP contribution in [-0.2, 0) is 21.9 Å². The van der Waals surface area contributed by atoms with Gasteiger partial charge in [0.15, 0.2) is 5.69 Å². The zero-order chi connectivity index (χ0) is 30.6. The second kappa shape index (κ2) is 10.4. The number of halogens is 3. The van der Waals surface area contributed by atoms with E-state index in [9.17, 15) is 31.5 Å². The van der Waals surface area contributed by atoms with Crippen molar-refractivity contribution in [3.8, 4) is 27.5 Å². The van der Waals surface area contributed by atoms with Gasteiger partial charge in [-0.2, -0.15) is 18.3 Å². The van der Waals surface area contributed by atoms with Crippen molar-refractivity contribution in [3.05, 3.63) is 107 Å². The lowest BCUT2D eigenvalue weighted by Gasteiger charge is -2.22. The zero-order valence-electron chi connectivity index (χ0n) is 22.2. The minimum absolute atomic E-state index is 0.000730. The molecule has 13 heteroatoms. The largest absolute Gasteiger partial charge is 0.476 e. The van der Waals surface area contributed by atoms with Crippen LogP contribution >= 0.6 is 11.3 Å². The molecule has 0 bridgehead atoms. The Hall–Kier alpha value is -4.33. The van der Waals surface area contributed by atoms with Crippen LogP contribution in [0.25, 0.3) is 27.5 Å². The number of alkyl halides is 3. The number of nitrogens with zero attached hydrogens (tertiary/aromatic N) is 3. The topological polar surface area (TPSA) is 128 Å². The fourth-order valence-corrected chi connectivity index (χ4v) is 6.47. The lowest BCUT2D eigenvalue weighted by Crippen LogP contribution is -2.32. The number of nitrogens with two attached hydrogens (primary N) is 1. The molecule has 3 aromatic carbocycles. The number of sulfonamides is 1. The van der Waals surface area contributed by atoms with Gasteiger partial charge in [-0.1, -0.05) is 60.7 Å². The maximum atomic E-state index is 14.8. The third-order valence-electron chi connectivity index (χ3n) is 7.50. The molecule has 1 saturated carbocycles. The first-order valence-corrected chi connectivity index (χ1v) is 15.5. The molecule has 0 saturated heterocycles. The van der Waals surface area contributed by atoms with Crippen molar-refractivity contribution in [2.45, 2.75) is 35.7 Å². The summed E-state index contributed by atoms with van der Waals surface area (Å²) in [6.45, 7) is 0. The van der Waals surface area contributed by atoms with E-state index < -0.39 is 27.6 Å². The third kappa shape index (κ3) is 5.35. The van der Waals surface area contributed by atoms with Gasteiger partial charge in [-0.3, -0.25) is 0 Å². The molecule has 1 aliphatic carbocycles. The van der Waals surface area contributed by atoms with Crippen LogP contribution in [0.5, 0.6) is 0 Å². The highest BCUT2D eigenvalue weighted by Crippen LogP contribution is 2.61. The predicted molar refractivity (Wildman–Crippen MR) is 155 cm³/mol. The van der Waals surface area contributed by atoms with Crippen LogP contribution in [-0.4, -0.2) is 40.4 Å². The molecular weight excluding hydrogens is 601 g/mol. The predicted octanol–water partition coefficient (Wildman–Crippen LogP) is 6.19. The number of primary sulfonamides is 1. The number of hydrogen-bond acceptors (Lipinski definition) is 6. The normalized spacial score (nSPS) is 14.5. The zero-order valence-corrected chi connectivity index (χ0v) is 23.9. The number of carbonyl (C=O) groups is 1. The van der Waals surface area contributed by atoms with Gasteiger partial charge in [-0.15, -0.1) is 11.3 Å². The minimum atomic E-state index is -4.62. The Morgan fingerprint density at radius 1 is 0.977 bits per heavy atom. The number of hydrogen-bond donors (Lipinski definition) is 2. The number of aromatic carboxylic acids is 1. The van der Waals surface area contributed by atoms with Gasteiger partial charge in [0, 0.05) is 22.9 Å². The summed E-state index contributed by atoms with van der Waals surface area (Å²) in [6, 6.07) is 22.4. The molecule has 8 nitrogen and oxygen atoms in total. The minimum Gasteiger partial charge on any atom is -0.476 e. The molecule has 2 heterocycles. The molecule has 5 aromatic rings. The molecule has 0 radical (unpaired) electrons. The van der Waals surface area contributed by atoms with Crippen LogP contribution < -0.4 is 5.14 Å². The highest BCUT2D eigenvalue weighted by molar-refractivity contribution is 7.89. The van der Waals surface area contributed by atoms with Crippen molar-refractivity contribution in [1.82, 2.24) is 14.8 Å². The molecule has 1 fully saturated rings. The van der Waals surface area contributed by atoms with Gasteiger partial charge in [0.05, 0.1) is 16.3 Å². The van der Waals surface area contributed by atoms with E-state index in [0.29, 0.717) is 11.1 Å². The molecule has 2 aromatic heterocycles. The first-order chi connectivity index (χ1) is 20.4. The fourth-order valence-electron chi connectivity index (χ4n) is 5.20. The summed E-state index contributed by atoms with van der Waals surface area (Å²) in [5.41, 5.74) is 0.790. The van der Waals surface area contributed by atoms with Crippen molar-refractivity contribution < 1.29 is 31.5 Å². The van der Waals surface area contributed by atoms with Crippen molar-refractivity contribution in [2.75, 3.05) is 0 Å². The molecule has 3 N–H and O–H groups in total. The summed E-state index contributed by atoms with van der Waals surface area (Å²) in [6.07, 6.45) is -4.96. The smallest absolute Gasteiger partial charge is 0.399 e. The van der Waals surface area contributed by atoms with Crippen LogP contribution in [0, 0.1) is 0 Å². The lowest BCUT2D eigenvalue weighted by atomic mass is 9.90. The van der Waals surface area contributed by atoms with E-state index in [2.05, 4.69) is 10.1 Å². The average Bonchev–Trinajstić information content (AvgIpc) is 3.48. The van der Waals surface area contributed by atoms with E-state index in [0.717, 1.165) is 27.1 Å². The highest BCUT2D eigenvalue weighted by Gasteiger charge is 2.67. The quantitative estimate of drug-likeness (QED) is 0.212. The van der Waals surface area contributed by atoms with Gasteiger partial charge in [0.25, 0.3) is 0 Å². The molecular formula is C30H23F3N4O4S2. The molecule has 0 atom stereocenters. The SMILES string of the molecule is NS(=O)(=O)c1ccc(Cc2c(-c3cccc(-c4ccccc4)c3)nn(-c3nc(C(=O)O)cs3)c2C2(C(F)(F)F)CC2)cc1. The first-order valence-electron chi connectivity index (χ1n) is 13.0. The molecule has 1 aliphatic rings. The number of aromatic nitrogens is 3. The van der Waals surface area contributed by atoms with E-state index in [1.165, 1.54) is 29.6 Å². The van der Waals surface area contributed by atoms with Gasteiger partial charge < -0.3 is 5.11 Å². The van der Waals surface area contributed by atoms with Gasteiger partial charge in [-0.25, -0.2) is 28.0 Å². The highest BCUT2D eigenvalue weighted by atomic mass is 32.2. The average molecular weight is 625 g/mol. The van der Waals surface area contributed by atoms with E-state index in [1.54, 1.807) is 12.1 Å². The van der Waals surface area contributed by atoms with Crippen LogP contribution in [0.4, 0.5) is 13.2 Å². The number of rotatable bonds is 8. The summed E-state index contributed by atoms with van der Waals surface area (Å²) < 4.78 is 69.1. The van der Waals surface area contributed by atoms with Crippen molar-refractivity contribution in [1.29, 1.82) is 0 Å². The Morgan fingerprint density at radius 2 is 1.63 bits per heavy atom. The Balaban J connectivity index is 1.60. The summed E-state index contributed by atoms with van der Waals surface area (Å²) in [4.78, 5) is 15.6. The standard InChI is InChI=1S/C30H23F3N4O4S2/c31-30(32,33)29(13-14-29)26-23(15-18-9-11-22(12-10-18)43(34,40)41)25(36-37(26)28-35-24(17-42-28)27(38)39)21-8-4-7-20(16-21)19-5-2-1-3-6-19/h1-12,16-17H,13-15H2,(H,38,39)(H2,34,40,41). The Morgan fingerprint density at radius 3 is 2.21 bits per heavy atom. The van der Waals surface area contributed by atoms with E-state index in [-0.39, 0.29) is 51.9 Å². The van der Waals surface area contributed by atoms with E-state index in [4.69, 9.17) is 5.14 Å². The maximum Gasteiger partial charge on any atom is 0.399 e. The van der Waals surface area contributed by atoms with E-state index in [1.807, 2.05) is 42.5 Å². The van der Waals surface area contributed by atoms with Gasteiger partial charge in [0.1, 0.15) is 5.41 Å². The Kier molecular flexibility index (Phi) is 6.98. The van der Waals surface area contributed by atoms with Gasteiger partial charge in [-0.05, 0) is 47.7 Å². The summed E-state index contributed by atoms with van der Waals surface area (Å²) in [5.74, 6) is -1.31. The number of carboxylic acid groups (broad SMARTS) is 1. The molecule has 0 unspecified atom stereocenters. The van der Waals surface area contributed by atoms with Crippen LogP contribution in [0.3, 0.4) is 0 Å². The number of carboxylic acids is 1. The lowest BCUT2D eigenvalue weighted by molar-refractivity contribution is -0.162. The van der Waals surface area contributed by atoms with Gasteiger partial charge in [0.2, 0.25) is 15.2 Å². The van der Waals surface area contributed by atoms with Crippen LogP contribution in [0.2, 0.25) is 0 Å². The molecule has 0 aliphatic heterocycles. The Bertz CT molecular complexity index is 1950. The molecule has 6 rings (SSSR count). The maximum absolute atomic E-state index is 14.8. The van der Waals surface area contributed by atoms with E-state index >= 15 is 0 Å². The number of benzene rings is 3. The first kappa shape index (κ1) is 28.8. The molecule has 43 heavy (non-hydrogen) atoms. The fraction of sp³-hybridized carbons (Fsp3) is 0.167. The Labute approximate surface area is 248 Å². The second-order valence-corrected chi connectivity index (χ2v) is 12.7. The van der Waals surface area contributed by atoms with Gasteiger partial charge >= 0.3 is 12.1 Å². The summed E-state index contributed by atoms with van der Waals surface area (Å²) >= 11 is 0.888. The number of thiazole rings is 1. The second-order valence-electron chi connectivity index (χ2n) is 10.3. The van der Waals surface area contributed by atoms with Crippen LogP contribution in [0.15, 0.2) is 89.1 Å². The summed E-state index contributed by atoms with van der Waals surface area (Å²) in [5, 5.41) is 20.6. The molecule has 220 valence electrons. The van der Waals surface area contributed by atoms with Crippen LogP contribution in [0.1, 0.15) is 40.2 Å². The van der Waals surface area contributed by atoms with Crippen molar-refractivity contribution in [2.24, 2.45) is 5.14 Å². The third-order valence-corrected chi connectivity index (χ3v) is 9.24. The molecule has 0 spiro atoms.